The van der Waals surface area contributed by atoms with Gasteiger partial charge < -0.3 is 10.2 Å². The Kier molecular flexibility index (Phi) is 8.39. The minimum absolute atomic E-state index is 0.0752. The van der Waals surface area contributed by atoms with Crippen LogP contribution in [0, 0.1) is 6.92 Å². The van der Waals surface area contributed by atoms with Gasteiger partial charge in [0.05, 0.1) is 16.5 Å². The van der Waals surface area contributed by atoms with Gasteiger partial charge in [0, 0.05) is 12.6 Å². The van der Waals surface area contributed by atoms with Crippen LogP contribution < -0.4 is 5.32 Å². The van der Waals surface area contributed by atoms with Crippen LogP contribution >= 0.6 is 23.2 Å². The van der Waals surface area contributed by atoms with Crippen molar-refractivity contribution in [2.24, 2.45) is 0 Å². The fourth-order valence-electron chi connectivity index (χ4n) is 4.19. The summed E-state index contributed by atoms with van der Waals surface area (Å²) in [6.07, 6.45) is 5.08. The highest BCUT2D eigenvalue weighted by molar-refractivity contribution is 6.42. The van der Waals surface area contributed by atoms with Gasteiger partial charge in [0.15, 0.2) is 0 Å². The molecule has 1 saturated carbocycles. The summed E-state index contributed by atoms with van der Waals surface area (Å²) in [5, 5.41) is 4.07. The number of aryl methyl sites for hydroxylation is 1. The van der Waals surface area contributed by atoms with E-state index in [1.54, 1.807) is 17.0 Å². The maximum absolute atomic E-state index is 13.4. The number of nitrogens with zero attached hydrogens (tertiary/aromatic N) is 1. The van der Waals surface area contributed by atoms with Gasteiger partial charge in [-0.25, -0.2) is 0 Å². The zero-order valence-electron chi connectivity index (χ0n) is 18.2. The van der Waals surface area contributed by atoms with E-state index in [0.717, 1.165) is 42.4 Å². The van der Waals surface area contributed by atoms with E-state index in [-0.39, 0.29) is 24.3 Å². The molecule has 1 atom stereocenters. The first-order chi connectivity index (χ1) is 14.9. The third kappa shape index (κ3) is 6.24. The summed E-state index contributed by atoms with van der Waals surface area (Å²) >= 11 is 12.3. The third-order valence-corrected chi connectivity index (χ3v) is 6.77. The molecular weight excluding hydrogens is 431 g/mol. The Labute approximate surface area is 194 Å². The number of benzene rings is 2. The number of rotatable bonds is 8. The van der Waals surface area contributed by atoms with E-state index in [2.05, 4.69) is 5.32 Å². The lowest BCUT2D eigenvalue weighted by molar-refractivity contribution is -0.141. The fourth-order valence-corrected chi connectivity index (χ4v) is 4.52. The topological polar surface area (TPSA) is 49.4 Å². The molecule has 166 valence electrons. The number of nitrogens with one attached hydrogen (secondary N) is 1. The molecule has 1 aliphatic carbocycles. The zero-order valence-corrected chi connectivity index (χ0v) is 19.7. The Morgan fingerprint density at radius 1 is 1.10 bits per heavy atom. The molecule has 0 radical (unpaired) electrons. The largest absolute Gasteiger partial charge is 0.352 e. The molecule has 31 heavy (non-hydrogen) atoms. The Hall–Kier alpha value is -2.04. The van der Waals surface area contributed by atoms with Crippen LogP contribution in [0.25, 0.3) is 0 Å². The van der Waals surface area contributed by atoms with Crippen LogP contribution in [0.2, 0.25) is 10.0 Å². The van der Waals surface area contributed by atoms with Gasteiger partial charge in [0.1, 0.15) is 6.04 Å². The van der Waals surface area contributed by atoms with E-state index in [0.29, 0.717) is 23.0 Å². The molecule has 3 rings (SSSR count). The van der Waals surface area contributed by atoms with Gasteiger partial charge in [-0.2, -0.15) is 0 Å². The van der Waals surface area contributed by atoms with Crippen molar-refractivity contribution in [3.8, 4) is 0 Å². The minimum Gasteiger partial charge on any atom is -0.352 e. The Balaban J connectivity index is 1.85. The van der Waals surface area contributed by atoms with Crippen LogP contribution in [0.4, 0.5) is 0 Å². The van der Waals surface area contributed by atoms with Gasteiger partial charge in [-0.3, -0.25) is 9.59 Å². The van der Waals surface area contributed by atoms with Crippen LogP contribution in [-0.2, 0) is 22.6 Å². The predicted molar refractivity (Wildman–Crippen MR) is 126 cm³/mol. The SMILES string of the molecule is CC[C@@H](C(=O)NC1CCCC1)N(Cc1ccc(Cl)c(Cl)c1)C(=O)Cc1ccccc1C. The van der Waals surface area contributed by atoms with E-state index in [9.17, 15) is 9.59 Å². The summed E-state index contributed by atoms with van der Waals surface area (Å²) < 4.78 is 0. The molecule has 0 unspecified atom stereocenters. The third-order valence-electron chi connectivity index (χ3n) is 6.03. The Morgan fingerprint density at radius 3 is 2.45 bits per heavy atom. The van der Waals surface area contributed by atoms with Crippen LogP contribution in [0.1, 0.15) is 55.7 Å². The lowest BCUT2D eigenvalue weighted by Gasteiger charge is -2.32. The molecule has 1 fully saturated rings. The molecule has 1 aliphatic rings. The van der Waals surface area contributed by atoms with Crippen molar-refractivity contribution in [1.29, 1.82) is 0 Å². The molecule has 0 heterocycles. The van der Waals surface area contributed by atoms with E-state index >= 15 is 0 Å². The summed E-state index contributed by atoms with van der Waals surface area (Å²) in [6.45, 7) is 4.25. The van der Waals surface area contributed by atoms with Crippen LogP contribution in [0.15, 0.2) is 42.5 Å². The quantitative estimate of drug-likeness (QED) is 0.548. The molecule has 0 saturated heterocycles. The summed E-state index contributed by atoms with van der Waals surface area (Å²) in [7, 11) is 0. The zero-order chi connectivity index (χ0) is 22.4. The predicted octanol–water partition coefficient (Wildman–Crippen LogP) is 5.71. The normalized spacial score (nSPS) is 15.0. The smallest absolute Gasteiger partial charge is 0.243 e. The van der Waals surface area contributed by atoms with E-state index in [1.165, 1.54) is 0 Å². The highest BCUT2D eigenvalue weighted by atomic mass is 35.5. The second-order valence-electron chi connectivity index (χ2n) is 8.29. The van der Waals surface area contributed by atoms with Crippen molar-refractivity contribution in [2.75, 3.05) is 0 Å². The number of carbonyl (C=O) groups excluding carboxylic acids is 2. The summed E-state index contributed by atoms with van der Waals surface area (Å²) in [5.74, 6) is -0.151. The van der Waals surface area contributed by atoms with Gasteiger partial charge in [-0.05, 0) is 55.0 Å². The summed E-state index contributed by atoms with van der Waals surface area (Å²) in [4.78, 5) is 28.3. The number of amides is 2. The second kappa shape index (κ2) is 11.0. The van der Waals surface area contributed by atoms with Gasteiger partial charge >= 0.3 is 0 Å². The lowest BCUT2D eigenvalue weighted by Crippen LogP contribution is -2.51. The van der Waals surface area contributed by atoms with E-state index in [1.807, 2.05) is 44.2 Å². The molecule has 6 heteroatoms. The highest BCUT2D eigenvalue weighted by Crippen LogP contribution is 2.25. The van der Waals surface area contributed by atoms with Crippen molar-refractivity contribution >= 4 is 35.0 Å². The van der Waals surface area contributed by atoms with Gasteiger partial charge in [0.25, 0.3) is 0 Å². The molecule has 0 aliphatic heterocycles. The van der Waals surface area contributed by atoms with Crippen molar-refractivity contribution in [3.05, 3.63) is 69.2 Å². The number of halogens is 2. The van der Waals surface area contributed by atoms with Gasteiger partial charge in [0.2, 0.25) is 11.8 Å². The fraction of sp³-hybridized carbons (Fsp3) is 0.440. The lowest BCUT2D eigenvalue weighted by atomic mass is 10.0. The van der Waals surface area contributed by atoms with Crippen LogP contribution in [0.3, 0.4) is 0 Å². The summed E-state index contributed by atoms with van der Waals surface area (Å²) in [5.41, 5.74) is 2.88. The Bertz CT molecular complexity index is 925. The first kappa shape index (κ1) is 23.6. The van der Waals surface area contributed by atoms with Gasteiger partial charge in [-0.15, -0.1) is 0 Å². The molecule has 0 aromatic heterocycles. The maximum atomic E-state index is 13.4. The highest BCUT2D eigenvalue weighted by Gasteiger charge is 2.30. The van der Waals surface area contributed by atoms with Crippen LogP contribution in [0.5, 0.6) is 0 Å². The van der Waals surface area contributed by atoms with Crippen molar-refractivity contribution < 1.29 is 9.59 Å². The second-order valence-corrected chi connectivity index (χ2v) is 9.10. The number of carbonyl (C=O) groups is 2. The molecule has 4 nitrogen and oxygen atoms in total. The monoisotopic (exact) mass is 460 g/mol. The van der Waals surface area contributed by atoms with Crippen molar-refractivity contribution in [3.63, 3.8) is 0 Å². The average molecular weight is 461 g/mol. The van der Waals surface area contributed by atoms with Crippen molar-refractivity contribution in [1.82, 2.24) is 10.2 Å². The average Bonchev–Trinajstić information content (AvgIpc) is 3.25. The van der Waals surface area contributed by atoms with Gasteiger partial charge in [-0.1, -0.05) is 73.3 Å². The first-order valence-electron chi connectivity index (χ1n) is 11.0. The summed E-state index contributed by atoms with van der Waals surface area (Å²) in [6, 6.07) is 12.9. The van der Waals surface area contributed by atoms with Crippen LogP contribution in [-0.4, -0.2) is 28.8 Å². The molecule has 0 spiro atoms. The molecule has 2 aromatic carbocycles. The minimum atomic E-state index is -0.536. The van der Waals surface area contributed by atoms with E-state index in [4.69, 9.17) is 23.2 Å². The molecule has 2 aromatic rings. The standard InChI is InChI=1S/C25H30Cl2N2O2/c1-3-23(25(31)28-20-10-6-7-11-20)29(16-18-12-13-21(26)22(27)14-18)24(30)15-19-9-5-4-8-17(19)2/h4-5,8-9,12-14,20,23H,3,6-7,10-11,15-16H2,1-2H3,(H,28,31)/t23-/m0/s1. The molecule has 0 bridgehead atoms. The Morgan fingerprint density at radius 2 is 1.81 bits per heavy atom. The first-order valence-corrected chi connectivity index (χ1v) is 11.7. The number of hydrogen-bond donors (Lipinski definition) is 1. The molecule has 1 N–H and O–H groups in total. The van der Waals surface area contributed by atoms with Crippen molar-refractivity contribution in [2.45, 2.75) is 71.0 Å². The van der Waals surface area contributed by atoms with E-state index < -0.39 is 6.04 Å². The molecule has 2 amide bonds. The maximum Gasteiger partial charge on any atom is 0.243 e. The number of hydrogen-bond acceptors (Lipinski definition) is 2. The molecular formula is C25H30Cl2N2O2.